The molecule has 1 saturated heterocycles. The van der Waals surface area contributed by atoms with Gasteiger partial charge in [-0.05, 0) is 12.1 Å². The van der Waals surface area contributed by atoms with Crippen molar-refractivity contribution in [1.29, 1.82) is 0 Å². The van der Waals surface area contributed by atoms with Crippen LogP contribution in [0.2, 0.25) is 5.15 Å². The lowest BCUT2D eigenvalue weighted by Gasteiger charge is -2.33. The highest BCUT2D eigenvalue weighted by atomic mass is 35.5. The normalized spacial score (nSPS) is 15.5. The first-order chi connectivity index (χ1) is 10.1. The number of aromatic amines is 1. The molecule has 7 heteroatoms. The zero-order valence-corrected chi connectivity index (χ0v) is 12.4. The van der Waals surface area contributed by atoms with E-state index in [9.17, 15) is 9.59 Å². The van der Waals surface area contributed by atoms with Gasteiger partial charge in [0.2, 0.25) is 5.91 Å². The maximum Gasteiger partial charge on any atom is 0.270 e. The van der Waals surface area contributed by atoms with Gasteiger partial charge >= 0.3 is 0 Å². The van der Waals surface area contributed by atoms with E-state index in [-0.39, 0.29) is 11.8 Å². The Morgan fingerprint density at radius 3 is 2.52 bits per heavy atom. The van der Waals surface area contributed by atoms with Gasteiger partial charge in [-0.3, -0.25) is 9.59 Å². The fourth-order valence-corrected chi connectivity index (χ4v) is 2.74. The number of halogens is 1. The number of amides is 2. The van der Waals surface area contributed by atoms with Crippen molar-refractivity contribution >= 4 is 34.3 Å². The number of fused-ring (bicyclic) bond motifs is 1. The Kier molecular flexibility index (Phi) is 3.55. The molecule has 2 amide bonds. The zero-order valence-electron chi connectivity index (χ0n) is 11.6. The molecule has 0 radical (unpaired) electrons. The molecule has 0 aliphatic carbocycles. The van der Waals surface area contributed by atoms with Crippen molar-refractivity contribution in [2.75, 3.05) is 26.2 Å². The molecule has 21 heavy (non-hydrogen) atoms. The summed E-state index contributed by atoms with van der Waals surface area (Å²) in [7, 11) is 0. The molecule has 1 aliphatic heterocycles. The van der Waals surface area contributed by atoms with Crippen molar-refractivity contribution in [2.24, 2.45) is 0 Å². The molecule has 0 aromatic carbocycles. The third kappa shape index (κ3) is 2.58. The predicted octanol–water partition coefficient (Wildman–Crippen LogP) is 1.52. The molecule has 3 heterocycles. The number of pyridine rings is 1. The Bertz CT molecular complexity index is 704. The quantitative estimate of drug-likeness (QED) is 0.812. The average Bonchev–Trinajstić information content (AvgIpc) is 2.92. The van der Waals surface area contributed by atoms with Crippen molar-refractivity contribution in [2.45, 2.75) is 6.92 Å². The van der Waals surface area contributed by atoms with E-state index >= 15 is 0 Å². The summed E-state index contributed by atoms with van der Waals surface area (Å²) >= 11 is 6.00. The van der Waals surface area contributed by atoms with E-state index in [0.29, 0.717) is 42.5 Å². The number of piperazine rings is 1. The van der Waals surface area contributed by atoms with Crippen LogP contribution < -0.4 is 0 Å². The lowest BCUT2D eigenvalue weighted by Crippen LogP contribution is -2.50. The fraction of sp³-hybridized carbons (Fsp3) is 0.357. The predicted molar refractivity (Wildman–Crippen MR) is 79.3 cm³/mol. The van der Waals surface area contributed by atoms with Gasteiger partial charge < -0.3 is 14.8 Å². The third-order valence-electron chi connectivity index (χ3n) is 3.74. The van der Waals surface area contributed by atoms with Gasteiger partial charge in [-0.2, -0.15) is 0 Å². The highest BCUT2D eigenvalue weighted by molar-refractivity contribution is 6.33. The third-order valence-corrected chi connectivity index (χ3v) is 4.03. The van der Waals surface area contributed by atoms with E-state index in [1.54, 1.807) is 29.0 Å². The lowest BCUT2D eigenvalue weighted by molar-refractivity contribution is -0.130. The van der Waals surface area contributed by atoms with Crippen LogP contribution in [0.15, 0.2) is 18.3 Å². The topological polar surface area (TPSA) is 69.3 Å². The molecule has 0 unspecified atom stereocenters. The van der Waals surface area contributed by atoms with Gasteiger partial charge in [-0.1, -0.05) is 11.6 Å². The molecule has 1 N–H and O–H groups in total. The van der Waals surface area contributed by atoms with Crippen LogP contribution in [-0.2, 0) is 4.79 Å². The number of nitrogens with zero attached hydrogens (tertiary/aromatic N) is 3. The second-order valence-corrected chi connectivity index (χ2v) is 5.41. The summed E-state index contributed by atoms with van der Waals surface area (Å²) in [4.78, 5) is 34.3. The van der Waals surface area contributed by atoms with Gasteiger partial charge in [0.05, 0.1) is 5.52 Å². The first kappa shape index (κ1) is 13.9. The minimum absolute atomic E-state index is 0.0468. The standard InChI is InChI=1S/C14H15ClN4O2/c1-9(20)18-4-6-19(7-5-18)14(21)11-8-10-2-3-16-13(15)12(10)17-11/h2-3,8,17H,4-7H2,1H3. The van der Waals surface area contributed by atoms with E-state index in [1.165, 1.54) is 0 Å². The van der Waals surface area contributed by atoms with Gasteiger partial charge in [0.1, 0.15) is 5.69 Å². The summed E-state index contributed by atoms with van der Waals surface area (Å²) in [6.07, 6.45) is 1.61. The Morgan fingerprint density at radius 1 is 1.24 bits per heavy atom. The molecule has 0 atom stereocenters. The Labute approximate surface area is 126 Å². The van der Waals surface area contributed by atoms with Gasteiger partial charge in [0.25, 0.3) is 5.91 Å². The molecule has 1 aliphatic rings. The van der Waals surface area contributed by atoms with Gasteiger partial charge in [-0.25, -0.2) is 4.98 Å². The zero-order chi connectivity index (χ0) is 15.0. The van der Waals surface area contributed by atoms with Gasteiger partial charge in [0, 0.05) is 44.7 Å². The van der Waals surface area contributed by atoms with E-state index in [4.69, 9.17) is 11.6 Å². The maximum absolute atomic E-state index is 12.5. The maximum atomic E-state index is 12.5. The van der Waals surface area contributed by atoms with Crippen LogP contribution in [0.1, 0.15) is 17.4 Å². The summed E-state index contributed by atoms with van der Waals surface area (Å²) in [5.41, 5.74) is 1.17. The Morgan fingerprint density at radius 2 is 1.90 bits per heavy atom. The Balaban J connectivity index is 1.78. The van der Waals surface area contributed by atoms with Gasteiger partial charge in [-0.15, -0.1) is 0 Å². The molecule has 3 rings (SSSR count). The molecule has 110 valence electrons. The van der Waals surface area contributed by atoms with E-state index < -0.39 is 0 Å². The second-order valence-electron chi connectivity index (χ2n) is 5.05. The summed E-state index contributed by atoms with van der Waals surface area (Å²) < 4.78 is 0. The van der Waals surface area contributed by atoms with Crippen LogP contribution in [0, 0.1) is 0 Å². The van der Waals surface area contributed by atoms with Crippen molar-refractivity contribution in [3.63, 3.8) is 0 Å². The number of rotatable bonds is 1. The summed E-state index contributed by atoms with van der Waals surface area (Å²) in [5, 5.41) is 1.22. The highest BCUT2D eigenvalue weighted by Crippen LogP contribution is 2.22. The van der Waals surface area contributed by atoms with Gasteiger partial charge in [0.15, 0.2) is 5.15 Å². The monoisotopic (exact) mass is 306 g/mol. The average molecular weight is 307 g/mol. The van der Waals surface area contributed by atoms with Crippen molar-refractivity contribution < 1.29 is 9.59 Å². The van der Waals surface area contributed by atoms with Crippen molar-refractivity contribution in [3.8, 4) is 0 Å². The van der Waals surface area contributed by atoms with Crippen LogP contribution in [0.25, 0.3) is 10.9 Å². The molecule has 0 saturated carbocycles. The van der Waals surface area contributed by atoms with Crippen LogP contribution in [0.5, 0.6) is 0 Å². The first-order valence-corrected chi connectivity index (χ1v) is 7.12. The highest BCUT2D eigenvalue weighted by Gasteiger charge is 2.24. The fourth-order valence-electron chi connectivity index (χ4n) is 2.53. The molecule has 0 bridgehead atoms. The lowest BCUT2D eigenvalue weighted by atomic mass is 10.2. The smallest absolute Gasteiger partial charge is 0.270 e. The SMILES string of the molecule is CC(=O)N1CCN(C(=O)c2cc3ccnc(Cl)c3[nH]2)CC1. The number of aromatic nitrogens is 2. The van der Waals surface area contributed by atoms with Crippen LogP contribution in [0.3, 0.4) is 0 Å². The molecular formula is C14H15ClN4O2. The minimum Gasteiger partial charge on any atom is -0.348 e. The molecule has 2 aromatic rings. The number of carbonyl (C=O) groups excluding carboxylic acids is 2. The van der Waals surface area contributed by atoms with Crippen LogP contribution in [-0.4, -0.2) is 57.8 Å². The molecule has 6 nitrogen and oxygen atoms in total. The van der Waals surface area contributed by atoms with E-state index in [1.807, 2.05) is 6.07 Å². The Hall–Kier alpha value is -2.08. The minimum atomic E-state index is -0.0783. The number of nitrogens with one attached hydrogen (secondary N) is 1. The summed E-state index contributed by atoms with van der Waals surface area (Å²) in [6, 6.07) is 3.59. The van der Waals surface area contributed by atoms with Crippen molar-refractivity contribution in [3.05, 3.63) is 29.2 Å². The molecule has 0 spiro atoms. The number of H-pyrrole nitrogens is 1. The first-order valence-electron chi connectivity index (χ1n) is 6.74. The number of carbonyl (C=O) groups is 2. The van der Waals surface area contributed by atoms with Crippen LogP contribution >= 0.6 is 11.6 Å². The summed E-state index contributed by atoms with van der Waals surface area (Å²) in [6.45, 7) is 3.77. The largest absolute Gasteiger partial charge is 0.348 e. The number of hydrogen-bond acceptors (Lipinski definition) is 3. The van der Waals surface area contributed by atoms with E-state index in [2.05, 4.69) is 9.97 Å². The molecule has 2 aromatic heterocycles. The summed E-state index contributed by atoms with van der Waals surface area (Å²) in [5.74, 6) is -0.0314. The molecule has 1 fully saturated rings. The number of hydrogen-bond donors (Lipinski definition) is 1. The van der Waals surface area contributed by atoms with Crippen LogP contribution in [0.4, 0.5) is 0 Å². The van der Waals surface area contributed by atoms with E-state index in [0.717, 1.165) is 5.39 Å². The second kappa shape index (κ2) is 5.37. The van der Waals surface area contributed by atoms with Crippen molar-refractivity contribution in [1.82, 2.24) is 19.8 Å². The molecular weight excluding hydrogens is 292 g/mol.